The predicted octanol–water partition coefficient (Wildman–Crippen LogP) is 4.53. The number of nitrogens with zero attached hydrogens (tertiary/aromatic N) is 1. The second-order valence-corrected chi connectivity index (χ2v) is 8.69. The van der Waals surface area contributed by atoms with Gasteiger partial charge in [-0.2, -0.15) is 0 Å². The number of nitrogens with one attached hydrogen (secondary N) is 2. The Kier molecular flexibility index (Phi) is 7.99. The topological polar surface area (TPSA) is 114 Å². The van der Waals surface area contributed by atoms with Gasteiger partial charge in [-0.3, -0.25) is 19.7 Å². The van der Waals surface area contributed by atoms with E-state index < -0.39 is 17.8 Å². The highest BCUT2D eigenvalue weighted by Crippen LogP contribution is 2.30. The smallest absolute Gasteiger partial charge is 0.335 e. The number of urea groups is 1. The molecule has 10 heteroatoms. The lowest BCUT2D eigenvalue weighted by Crippen LogP contribution is -2.54. The minimum atomic E-state index is -0.831. The van der Waals surface area contributed by atoms with Gasteiger partial charge in [0.05, 0.1) is 12.3 Å². The highest BCUT2D eigenvalue weighted by molar-refractivity contribution is 9.10. The molecule has 188 valence electrons. The van der Waals surface area contributed by atoms with E-state index in [2.05, 4.69) is 26.6 Å². The Morgan fingerprint density at radius 3 is 2.41 bits per heavy atom. The van der Waals surface area contributed by atoms with Crippen molar-refractivity contribution in [2.24, 2.45) is 0 Å². The number of benzene rings is 3. The first kappa shape index (κ1) is 25.6. The van der Waals surface area contributed by atoms with Gasteiger partial charge in [0, 0.05) is 10.2 Å². The number of para-hydroxylation sites is 1. The molecule has 2 N–H and O–H groups in total. The van der Waals surface area contributed by atoms with E-state index in [0.717, 1.165) is 9.37 Å². The van der Waals surface area contributed by atoms with E-state index in [4.69, 9.17) is 9.47 Å². The van der Waals surface area contributed by atoms with Gasteiger partial charge in [-0.05, 0) is 67.1 Å². The molecule has 1 aliphatic heterocycles. The third-order valence-corrected chi connectivity index (χ3v) is 5.71. The molecule has 4 rings (SSSR count). The van der Waals surface area contributed by atoms with Crippen LogP contribution in [0, 0.1) is 0 Å². The van der Waals surface area contributed by atoms with Crippen molar-refractivity contribution in [1.82, 2.24) is 5.32 Å². The highest BCUT2D eigenvalue weighted by atomic mass is 79.9. The van der Waals surface area contributed by atoms with Crippen molar-refractivity contribution < 1.29 is 28.7 Å². The Balaban J connectivity index is 1.54. The number of amides is 5. The minimum absolute atomic E-state index is 0.221. The lowest BCUT2D eigenvalue weighted by atomic mass is 10.1. The van der Waals surface area contributed by atoms with Gasteiger partial charge in [0.1, 0.15) is 5.57 Å². The maximum atomic E-state index is 13.1. The third kappa shape index (κ3) is 6.22. The SMILES string of the molecule is CCOc1cc(/C=C2\C(=O)NC(=O)N(c3ccc(Br)cc3)C2=O)ccc1OCC(=O)Nc1ccccc1. The molecule has 1 aliphatic rings. The van der Waals surface area contributed by atoms with Gasteiger partial charge in [0.15, 0.2) is 18.1 Å². The molecule has 0 unspecified atom stereocenters. The van der Waals surface area contributed by atoms with Crippen LogP contribution in [0.2, 0.25) is 0 Å². The fourth-order valence-electron chi connectivity index (χ4n) is 3.51. The number of ether oxygens (including phenoxy) is 2. The van der Waals surface area contributed by atoms with Crippen LogP contribution >= 0.6 is 15.9 Å². The first-order valence-corrected chi connectivity index (χ1v) is 12.1. The Hall–Kier alpha value is -4.44. The van der Waals surface area contributed by atoms with Crippen molar-refractivity contribution in [3.05, 3.63) is 88.4 Å². The van der Waals surface area contributed by atoms with Crippen LogP contribution in [0.4, 0.5) is 16.2 Å². The Morgan fingerprint density at radius 2 is 1.70 bits per heavy atom. The minimum Gasteiger partial charge on any atom is -0.490 e. The van der Waals surface area contributed by atoms with E-state index in [1.165, 1.54) is 6.08 Å². The number of imide groups is 2. The van der Waals surface area contributed by atoms with E-state index in [-0.39, 0.29) is 18.1 Å². The van der Waals surface area contributed by atoms with Crippen LogP contribution in [-0.4, -0.2) is 37.0 Å². The normalized spacial score (nSPS) is 14.4. The first-order valence-electron chi connectivity index (χ1n) is 11.3. The van der Waals surface area contributed by atoms with E-state index in [1.54, 1.807) is 61.5 Å². The quantitative estimate of drug-likeness (QED) is 0.307. The average Bonchev–Trinajstić information content (AvgIpc) is 2.88. The number of hydrogen-bond acceptors (Lipinski definition) is 6. The van der Waals surface area contributed by atoms with Crippen LogP contribution in [0.15, 0.2) is 82.8 Å². The van der Waals surface area contributed by atoms with E-state index in [1.807, 2.05) is 18.2 Å². The van der Waals surface area contributed by atoms with Gasteiger partial charge in [-0.1, -0.05) is 40.2 Å². The van der Waals surface area contributed by atoms with Crippen molar-refractivity contribution in [3.63, 3.8) is 0 Å². The van der Waals surface area contributed by atoms with Crippen LogP contribution < -0.4 is 25.0 Å². The first-order chi connectivity index (χ1) is 17.9. The van der Waals surface area contributed by atoms with Gasteiger partial charge in [0.2, 0.25) is 0 Å². The second-order valence-electron chi connectivity index (χ2n) is 7.78. The van der Waals surface area contributed by atoms with Gasteiger partial charge in [-0.15, -0.1) is 0 Å². The molecule has 0 atom stereocenters. The molecule has 3 aromatic carbocycles. The van der Waals surface area contributed by atoms with Crippen LogP contribution in [0.1, 0.15) is 12.5 Å². The molecule has 37 heavy (non-hydrogen) atoms. The lowest BCUT2D eigenvalue weighted by Gasteiger charge is -2.26. The number of halogens is 1. The Bertz CT molecular complexity index is 1370. The molecule has 1 saturated heterocycles. The molecule has 0 aliphatic carbocycles. The summed E-state index contributed by atoms with van der Waals surface area (Å²) in [6, 6.07) is 19.5. The average molecular weight is 564 g/mol. The molecular weight excluding hydrogens is 542 g/mol. The second kappa shape index (κ2) is 11.5. The van der Waals surface area contributed by atoms with Crippen molar-refractivity contribution in [2.45, 2.75) is 6.92 Å². The van der Waals surface area contributed by atoms with Gasteiger partial charge >= 0.3 is 6.03 Å². The predicted molar refractivity (Wildman–Crippen MR) is 141 cm³/mol. The molecular formula is C27H22BrN3O6. The standard InChI is InChI=1S/C27H22BrN3O6/c1-2-36-23-15-17(8-13-22(23)37-16-24(32)29-19-6-4-3-5-7-19)14-21-25(33)30-27(35)31(26(21)34)20-11-9-18(28)10-12-20/h3-15H,2,16H2,1H3,(H,29,32)(H,30,33,35)/b21-14+. The summed E-state index contributed by atoms with van der Waals surface area (Å²) < 4.78 is 12.1. The molecule has 0 radical (unpaired) electrons. The summed E-state index contributed by atoms with van der Waals surface area (Å²) in [4.78, 5) is 51.1. The van der Waals surface area contributed by atoms with Crippen molar-refractivity contribution in [2.75, 3.05) is 23.4 Å². The molecule has 0 aromatic heterocycles. The molecule has 3 aromatic rings. The maximum Gasteiger partial charge on any atom is 0.335 e. The van der Waals surface area contributed by atoms with Crippen molar-refractivity contribution >= 4 is 57.1 Å². The summed E-state index contributed by atoms with van der Waals surface area (Å²) in [5.41, 5.74) is 1.21. The van der Waals surface area contributed by atoms with Crippen molar-refractivity contribution in [1.29, 1.82) is 0 Å². The van der Waals surface area contributed by atoms with Crippen LogP contribution in [-0.2, 0) is 14.4 Å². The van der Waals surface area contributed by atoms with Crippen molar-refractivity contribution in [3.8, 4) is 11.5 Å². The summed E-state index contributed by atoms with van der Waals surface area (Å²) >= 11 is 3.31. The van der Waals surface area contributed by atoms with E-state index in [0.29, 0.717) is 35.0 Å². The number of anilines is 2. The molecule has 1 fully saturated rings. The molecule has 5 amide bonds. The largest absolute Gasteiger partial charge is 0.490 e. The summed E-state index contributed by atoms with van der Waals surface area (Å²) in [6.07, 6.45) is 1.37. The zero-order valence-electron chi connectivity index (χ0n) is 19.7. The number of rotatable bonds is 8. The summed E-state index contributed by atoms with van der Waals surface area (Å²) in [7, 11) is 0. The number of barbiturate groups is 1. The third-order valence-electron chi connectivity index (χ3n) is 5.18. The van der Waals surface area contributed by atoms with Crippen LogP contribution in [0.25, 0.3) is 6.08 Å². The number of hydrogen-bond donors (Lipinski definition) is 2. The maximum absolute atomic E-state index is 13.1. The van der Waals surface area contributed by atoms with E-state index >= 15 is 0 Å². The Morgan fingerprint density at radius 1 is 0.973 bits per heavy atom. The molecule has 1 heterocycles. The summed E-state index contributed by atoms with van der Waals surface area (Å²) in [6.45, 7) is 1.86. The molecule has 9 nitrogen and oxygen atoms in total. The van der Waals surface area contributed by atoms with Crippen LogP contribution in [0.3, 0.4) is 0 Å². The number of carbonyl (C=O) groups is 4. The zero-order chi connectivity index (χ0) is 26.4. The Labute approximate surface area is 221 Å². The van der Waals surface area contributed by atoms with E-state index in [9.17, 15) is 19.2 Å². The monoisotopic (exact) mass is 563 g/mol. The van der Waals surface area contributed by atoms with Gasteiger partial charge in [0.25, 0.3) is 17.7 Å². The summed E-state index contributed by atoms with van der Waals surface area (Å²) in [5.74, 6) is -1.26. The van der Waals surface area contributed by atoms with Gasteiger partial charge in [-0.25, -0.2) is 9.69 Å². The highest BCUT2D eigenvalue weighted by Gasteiger charge is 2.36. The molecule has 0 saturated carbocycles. The van der Waals surface area contributed by atoms with Gasteiger partial charge < -0.3 is 14.8 Å². The molecule has 0 spiro atoms. The fourth-order valence-corrected chi connectivity index (χ4v) is 3.78. The fraction of sp³-hybridized carbons (Fsp3) is 0.111. The lowest BCUT2D eigenvalue weighted by molar-refractivity contribution is -0.122. The molecule has 0 bridgehead atoms. The number of carbonyl (C=O) groups excluding carboxylic acids is 4. The zero-order valence-corrected chi connectivity index (χ0v) is 21.3. The summed E-state index contributed by atoms with van der Waals surface area (Å²) in [5, 5.41) is 4.93. The van der Waals surface area contributed by atoms with Crippen LogP contribution in [0.5, 0.6) is 11.5 Å².